The molecule has 0 spiro atoms. The van der Waals surface area contributed by atoms with Crippen molar-refractivity contribution in [2.75, 3.05) is 13.1 Å². The van der Waals surface area contributed by atoms with Crippen molar-refractivity contribution in [3.8, 4) is 5.06 Å². The molecule has 1 N–H and O–H groups in total. The fourth-order valence-corrected chi connectivity index (χ4v) is 2.48. The van der Waals surface area contributed by atoms with E-state index in [9.17, 15) is 0 Å². The molecule has 1 aliphatic heterocycles. The van der Waals surface area contributed by atoms with E-state index < -0.39 is 0 Å². The zero-order valence-electron chi connectivity index (χ0n) is 6.76. The Morgan fingerprint density at radius 3 is 2.83 bits per heavy atom. The maximum atomic E-state index is 5.71. The minimum absolute atomic E-state index is 0.374. The molecular weight excluding hydrogens is 238 g/mol. The van der Waals surface area contributed by atoms with Gasteiger partial charge in [0.15, 0.2) is 5.06 Å². The van der Waals surface area contributed by atoms with Crippen molar-refractivity contribution in [3.63, 3.8) is 0 Å². The molecule has 0 bridgehead atoms. The quantitative estimate of drug-likeness (QED) is 0.866. The first kappa shape index (κ1) is 8.53. The van der Waals surface area contributed by atoms with Crippen LogP contribution in [0.2, 0.25) is 0 Å². The highest BCUT2D eigenvalue weighted by molar-refractivity contribution is 9.10. The summed E-state index contributed by atoms with van der Waals surface area (Å²) in [5, 5.41) is 6.29. The zero-order valence-corrected chi connectivity index (χ0v) is 9.17. The molecule has 0 saturated carbocycles. The van der Waals surface area contributed by atoms with Crippen LogP contribution in [0.15, 0.2) is 9.85 Å². The monoisotopic (exact) mass is 247 g/mol. The number of hydrogen-bond donors (Lipinski definition) is 1. The van der Waals surface area contributed by atoms with Gasteiger partial charge < -0.3 is 10.1 Å². The molecule has 0 amide bonds. The molecule has 2 heterocycles. The van der Waals surface area contributed by atoms with Crippen molar-refractivity contribution in [1.82, 2.24) is 5.32 Å². The fourth-order valence-electron chi connectivity index (χ4n) is 0.983. The Labute approximate surface area is 84.1 Å². The van der Waals surface area contributed by atoms with E-state index in [1.165, 1.54) is 5.56 Å². The Morgan fingerprint density at radius 2 is 2.42 bits per heavy atom. The van der Waals surface area contributed by atoms with Crippen LogP contribution in [0.25, 0.3) is 0 Å². The van der Waals surface area contributed by atoms with Crippen molar-refractivity contribution < 1.29 is 4.74 Å². The predicted octanol–water partition coefficient (Wildman–Crippen LogP) is 2.17. The van der Waals surface area contributed by atoms with Gasteiger partial charge in [-0.3, -0.25) is 0 Å². The topological polar surface area (TPSA) is 21.3 Å². The molecule has 12 heavy (non-hydrogen) atoms. The van der Waals surface area contributed by atoms with Crippen molar-refractivity contribution in [3.05, 3.63) is 15.4 Å². The molecule has 66 valence electrons. The van der Waals surface area contributed by atoms with E-state index in [0.29, 0.717) is 6.10 Å². The predicted molar refractivity (Wildman–Crippen MR) is 54.0 cm³/mol. The number of rotatable bonds is 2. The normalized spacial score (nSPS) is 17.5. The minimum atomic E-state index is 0.374. The fraction of sp³-hybridized carbons (Fsp3) is 0.500. The summed E-state index contributed by atoms with van der Waals surface area (Å²) in [5.41, 5.74) is 1.25. The number of aryl methyl sites for hydroxylation is 1. The molecule has 2 rings (SSSR count). The van der Waals surface area contributed by atoms with Gasteiger partial charge in [-0.05, 0) is 33.8 Å². The van der Waals surface area contributed by atoms with Crippen LogP contribution in [-0.2, 0) is 0 Å². The highest BCUT2D eigenvalue weighted by Gasteiger charge is 2.20. The first-order valence-electron chi connectivity index (χ1n) is 3.88. The first-order chi connectivity index (χ1) is 5.77. The second-order valence-corrected chi connectivity index (χ2v) is 4.55. The summed E-state index contributed by atoms with van der Waals surface area (Å²) in [6.45, 7) is 4.03. The summed E-state index contributed by atoms with van der Waals surface area (Å²) in [7, 11) is 0. The summed E-state index contributed by atoms with van der Waals surface area (Å²) < 4.78 is 6.82. The lowest BCUT2D eigenvalue weighted by molar-refractivity contribution is 0.146. The van der Waals surface area contributed by atoms with Gasteiger partial charge in [0.1, 0.15) is 6.10 Å². The first-order valence-corrected chi connectivity index (χ1v) is 5.55. The number of hydrogen-bond acceptors (Lipinski definition) is 3. The number of thiophene rings is 1. The standard InChI is InChI=1S/C8H10BrNOS/c1-5-4-12-8(7(5)9)11-6-2-10-3-6/h4,6,10H,2-3H2,1H3. The average Bonchev–Trinajstić information content (AvgIpc) is 2.27. The third-order valence-corrected chi connectivity index (χ3v) is 4.12. The van der Waals surface area contributed by atoms with Crippen LogP contribution >= 0.6 is 27.3 Å². The maximum absolute atomic E-state index is 5.71. The maximum Gasteiger partial charge on any atom is 0.188 e. The van der Waals surface area contributed by atoms with Crippen molar-refractivity contribution in [2.24, 2.45) is 0 Å². The summed E-state index contributed by atoms with van der Waals surface area (Å²) in [6, 6.07) is 0. The molecule has 1 saturated heterocycles. The third-order valence-electron chi connectivity index (χ3n) is 1.89. The molecule has 0 atom stereocenters. The zero-order chi connectivity index (χ0) is 8.55. The SMILES string of the molecule is Cc1csc(OC2CNC2)c1Br. The average molecular weight is 248 g/mol. The van der Waals surface area contributed by atoms with E-state index in [4.69, 9.17) is 4.74 Å². The van der Waals surface area contributed by atoms with Gasteiger partial charge in [-0.25, -0.2) is 0 Å². The van der Waals surface area contributed by atoms with E-state index in [-0.39, 0.29) is 0 Å². The van der Waals surface area contributed by atoms with Crippen molar-refractivity contribution in [1.29, 1.82) is 0 Å². The number of nitrogens with one attached hydrogen (secondary N) is 1. The van der Waals surface area contributed by atoms with E-state index in [0.717, 1.165) is 22.6 Å². The molecule has 2 nitrogen and oxygen atoms in total. The lowest BCUT2D eigenvalue weighted by Gasteiger charge is -2.27. The molecule has 1 fully saturated rings. The second kappa shape index (κ2) is 3.36. The third kappa shape index (κ3) is 1.51. The Kier molecular flexibility index (Phi) is 2.39. The number of ether oxygens (including phenoxy) is 1. The Morgan fingerprint density at radius 1 is 1.67 bits per heavy atom. The van der Waals surface area contributed by atoms with Gasteiger partial charge in [0.05, 0.1) is 4.47 Å². The lowest BCUT2D eigenvalue weighted by atomic mass is 10.2. The van der Waals surface area contributed by atoms with Crippen LogP contribution in [0.3, 0.4) is 0 Å². The Hall–Kier alpha value is -0.0600. The van der Waals surface area contributed by atoms with Gasteiger partial charge >= 0.3 is 0 Å². The van der Waals surface area contributed by atoms with Crippen LogP contribution < -0.4 is 10.1 Å². The van der Waals surface area contributed by atoms with Gasteiger partial charge in [0.2, 0.25) is 0 Å². The summed E-state index contributed by atoms with van der Waals surface area (Å²) in [5.74, 6) is 0. The van der Waals surface area contributed by atoms with Crippen molar-refractivity contribution in [2.45, 2.75) is 13.0 Å². The molecular formula is C8H10BrNOS. The molecule has 4 heteroatoms. The van der Waals surface area contributed by atoms with Gasteiger partial charge in [-0.2, -0.15) is 0 Å². The molecule has 0 radical (unpaired) electrons. The van der Waals surface area contributed by atoms with Gasteiger partial charge in [0, 0.05) is 13.1 Å². The minimum Gasteiger partial charge on any atom is -0.477 e. The van der Waals surface area contributed by atoms with E-state index in [1.54, 1.807) is 11.3 Å². The Balaban J connectivity index is 2.06. The molecule has 1 aromatic heterocycles. The number of halogens is 1. The summed E-state index contributed by atoms with van der Waals surface area (Å²) in [4.78, 5) is 0. The summed E-state index contributed by atoms with van der Waals surface area (Å²) >= 11 is 5.15. The molecule has 0 unspecified atom stereocenters. The highest BCUT2D eigenvalue weighted by Crippen LogP contribution is 2.35. The van der Waals surface area contributed by atoms with Crippen LogP contribution in [-0.4, -0.2) is 19.2 Å². The summed E-state index contributed by atoms with van der Waals surface area (Å²) in [6.07, 6.45) is 0.374. The van der Waals surface area contributed by atoms with Crippen LogP contribution in [0.5, 0.6) is 5.06 Å². The van der Waals surface area contributed by atoms with E-state index in [1.807, 2.05) is 0 Å². The molecule has 1 aliphatic rings. The van der Waals surface area contributed by atoms with Gasteiger partial charge in [-0.1, -0.05) is 0 Å². The smallest absolute Gasteiger partial charge is 0.188 e. The Bertz CT molecular complexity index is 283. The molecule has 0 aliphatic carbocycles. The molecule has 1 aromatic rings. The van der Waals surface area contributed by atoms with Gasteiger partial charge in [0.25, 0.3) is 0 Å². The van der Waals surface area contributed by atoms with Crippen LogP contribution in [0.4, 0.5) is 0 Å². The molecule has 0 aromatic carbocycles. The van der Waals surface area contributed by atoms with Gasteiger partial charge in [-0.15, -0.1) is 11.3 Å². The second-order valence-electron chi connectivity index (χ2n) is 2.92. The van der Waals surface area contributed by atoms with Crippen molar-refractivity contribution >= 4 is 27.3 Å². The highest BCUT2D eigenvalue weighted by atomic mass is 79.9. The lowest BCUT2D eigenvalue weighted by Crippen LogP contribution is -2.50. The van der Waals surface area contributed by atoms with E-state index >= 15 is 0 Å². The van der Waals surface area contributed by atoms with Crippen LogP contribution in [0.1, 0.15) is 5.56 Å². The largest absolute Gasteiger partial charge is 0.477 e. The van der Waals surface area contributed by atoms with Crippen LogP contribution in [0, 0.1) is 6.92 Å². The van der Waals surface area contributed by atoms with E-state index in [2.05, 4.69) is 33.6 Å².